The van der Waals surface area contributed by atoms with Crippen molar-refractivity contribution >= 4 is 5.91 Å². The molecule has 1 heterocycles. The van der Waals surface area contributed by atoms with Crippen molar-refractivity contribution in [2.24, 2.45) is 5.92 Å². The Kier molecular flexibility index (Phi) is 5.65. The molecule has 0 N–H and O–H groups in total. The number of carbonyl (C=O) groups excluding carboxylic acids is 1. The highest BCUT2D eigenvalue weighted by atomic mass is 19.1. The Labute approximate surface area is 138 Å². The van der Waals surface area contributed by atoms with E-state index >= 15 is 0 Å². The zero-order chi connectivity index (χ0) is 16.1. The molecule has 126 valence electrons. The lowest BCUT2D eigenvalue weighted by atomic mass is 10.1. The van der Waals surface area contributed by atoms with Gasteiger partial charge in [-0.25, -0.2) is 4.39 Å². The summed E-state index contributed by atoms with van der Waals surface area (Å²) in [7, 11) is 0. The Balaban J connectivity index is 1.36. The fraction of sp³-hybridized carbons (Fsp3) is 0.632. The third-order valence-corrected chi connectivity index (χ3v) is 5.22. The van der Waals surface area contributed by atoms with Crippen LogP contribution in [0.3, 0.4) is 0 Å². The summed E-state index contributed by atoms with van der Waals surface area (Å²) in [6.07, 6.45) is 6.57. The van der Waals surface area contributed by atoms with Gasteiger partial charge in [0.25, 0.3) is 0 Å². The molecule has 0 aromatic heterocycles. The largest absolute Gasteiger partial charge is 0.340 e. The van der Waals surface area contributed by atoms with Crippen LogP contribution in [0, 0.1) is 11.7 Å². The second-order valence-corrected chi connectivity index (χ2v) is 6.88. The fourth-order valence-corrected chi connectivity index (χ4v) is 3.82. The highest BCUT2D eigenvalue weighted by molar-refractivity contribution is 5.79. The van der Waals surface area contributed by atoms with E-state index in [1.165, 1.54) is 18.9 Å². The van der Waals surface area contributed by atoms with Crippen LogP contribution < -0.4 is 0 Å². The van der Waals surface area contributed by atoms with Gasteiger partial charge < -0.3 is 4.90 Å². The molecule has 1 amide bonds. The summed E-state index contributed by atoms with van der Waals surface area (Å²) in [6.45, 7) is 4.72. The van der Waals surface area contributed by atoms with Gasteiger partial charge >= 0.3 is 0 Å². The lowest BCUT2D eigenvalue weighted by Crippen LogP contribution is -2.50. The van der Waals surface area contributed by atoms with E-state index in [-0.39, 0.29) is 5.82 Å². The predicted molar refractivity (Wildman–Crippen MR) is 89.7 cm³/mol. The molecule has 4 heteroatoms. The maximum absolute atomic E-state index is 13.1. The molecule has 2 fully saturated rings. The van der Waals surface area contributed by atoms with Gasteiger partial charge in [0, 0.05) is 32.1 Å². The predicted octanol–water partition coefficient (Wildman–Crippen LogP) is 3.09. The number of hydrogen-bond acceptors (Lipinski definition) is 2. The summed E-state index contributed by atoms with van der Waals surface area (Å²) in [4.78, 5) is 16.9. The van der Waals surface area contributed by atoms with E-state index in [2.05, 4.69) is 9.80 Å². The van der Waals surface area contributed by atoms with Crippen LogP contribution >= 0.6 is 0 Å². The van der Waals surface area contributed by atoms with E-state index in [0.717, 1.165) is 64.0 Å². The maximum atomic E-state index is 13.1. The van der Waals surface area contributed by atoms with E-state index in [1.54, 1.807) is 12.1 Å². The molecule has 1 aliphatic heterocycles. The van der Waals surface area contributed by atoms with Gasteiger partial charge in [-0.15, -0.1) is 0 Å². The van der Waals surface area contributed by atoms with Crippen LogP contribution in [0.25, 0.3) is 0 Å². The molecule has 2 aliphatic rings. The van der Waals surface area contributed by atoms with E-state index in [9.17, 15) is 9.18 Å². The average Bonchev–Trinajstić information content (AvgIpc) is 3.09. The SMILES string of the molecule is O=C(C1CCCC1)N1CCN(CCCc2cccc(F)c2)CC1. The lowest BCUT2D eigenvalue weighted by molar-refractivity contribution is -0.137. The number of rotatable bonds is 5. The fourth-order valence-electron chi connectivity index (χ4n) is 3.82. The Hall–Kier alpha value is -1.42. The minimum atomic E-state index is -0.151. The summed E-state index contributed by atoms with van der Waals surface area (Å²) < 4.78 is 13.1. The molecule has 3 rings (SSSR count). The second-order valence-electron chi connectivity index (χ2n) is 6.88. The van der Waals surface area contributed by atoms with E-state index in [1.807, 2.05) is 6.07 Å². The molecule has 0 unspecified atom stereocenters. The number of halogens is 1. The summed E-state index contributed by atoms with van der Waals surface area (Å²) >= 11 is 0. The van der Waals surface area contributed by atoms with Crippen LogP contribution in [0.2, 0.25) is 0 Å². The first kappa shape index (κ1) is 16.4. The molecule has 0 bridgehead atoms. The number of hydrogen-bond donors (Lipinski definition) is 0. The molecule has 0 spiro atoms. The lowest BCUT2D eigenvalue weighted by Gasteiger charge is -2.36. The maximum Gasteiger partial charge on any atom is 0.225 e. The second kappa shape index (κ2) is 7.91. The van der Waals surface area contributed by atoms with Crippen LogP contribution in [-0.2, 0) is 11.2 Å². The smallest absolute Gasteiger partial charge is 0.225 e. The van der Waals surface area contributed by atoms with Crippen molar-refractivity contribution in [2.45, 2.75) is 38.5 Å². The first-order valence-corrected chi connectivity index (χ1v) is 8.98. The quantitative estimate of drug-likeness (QED) is 0.833. The first-order chi connectivity index (χ1) is 11.2. The molecule has 1 aliphatic carbocycles. The minimum Gasteiger partial charge on any atom is -0.340 e. The number of nitrogens with zero attached hydrogens (tertiary/aromatic N) is 2. The summed E-state index contributed by atoms with van der Waals surface area (Å²) in [5.74, 6) is 0.540. The number of piperazine rings is 1. The van der Waals surface area contributed by atoms with E-state index < -0.39 is 0 Å². The highest BCUT2D eigenvalue weighted by Crippen LogP contribution is 2.26. The Morgan fingerprint density at radius 1 is 1.13 bits per heavy atom. The van der Waals surface area contributed by atoms with Crippen molar-refractivity contribution in [2.75, 3.05) is 32.7 Å². The molecular weight excluding hydrogens is 291 g/mol. The van der Waals surface area contributed by atoms with E-state index in [4.69, 9.17) is 0 Å². The molecule has 3 nitrogen and oxygen atoms in total. The number of amides is 1. The molecule has 0 radical (unpaired) electrons. The third-order valence-electron chi connectivity index (χ3n) is 5.22. The normalized spacial score (nSPS) is 20.1. The summed E-state index contributed by atoms with van der Waals surface area (Å²) in [5, 5.41) is 0. The Morgan fingerprint density at radius 3 is 2.57 bits per heavy atom. The zero-order valence-electron chi connectivity index (χ0n) is 13.8. The molecule has 1 aromatic carbocycles. The first-order valence-electron chi connectivity index (χ1n) is 8.98. The van der Waals surface area contributed by atoms with Gasteiger partial charge in [0.2, 0.25) is 5.91 Å². The molecule has 0 atom stereocenters. The van der Waals surface area contributed by atoms with Crippen LogP contribution in [0.5, 0.6) is 0 Å². The standard InChI is InChI=1S/C19H27FN2O/c20-18-9-3-5-16(15-18)6-4-10-21-11-13-22(14-12-21)19(23)17-7-1-2-8-17/h3,5,9,15,17H,1-2,4,6-8,10-14H2. The minimum absolute atomic E-state index is 0.151. The topological polar surface area (TPSA) is 23.6 Å². The van der Waals surface area contributed by atoms with Gasteiger partial charge in [-0.1, -0.05) is 25.0 Å². The molecule has 1 saturated heterocycles. The van der Waals surface area contributed by atoms with Crippen molar-refractivity contribution in [3.8, 4) is 0 Å². The van der Waals surface area contributed by atoms with Gasteiger partial charge in [0.1, 0.15) is 5.82 Å². The van der Waals surface area contributed by atoms with Gasteiger partial charge in [-0.2, -0.15) is 0 Å². The van der Waals surface area contributed by atoms with Gasteiger partial charge in [-0.05, 0) is 49.9 Å². The summed E-state index contributed by atoms with van der Waals surface area (Å²) in [5.41, 5.74) is 1.07. The molecule has 23 heavy (non-hydrogen) atoms. The van der Waals surface area contributed by atoms with Crippen LogP contribution in [-0.4, -0.2) is 48.4 Å². The van der Waals surface area contributed by atoms with Gasteiger partial charge in [0.05, 0.1) is 0 Å². The number of carbonyl (C=O) groups is 1. The van der Waals surface area contributed by atoms with Crippen molar-refractivity contribution in [3.63, 3.8) is 0 Å². The van der Waals surface area contributed by atoms with E-state index in [0.29, 0.717) is 11.8 Å². The monoisotopic (exact) mass is 318 g/mol. The van der Waals surface area contributed by atoms with Crippen molar-refractivity contribution in [1.29, 1.82) is 0 Å². The summed E-state index contributed by atoms with van der Waals surface area (Å²) in [6, 6.07) is 6.88. The third kappa shape index (κ3) is 4.54. The number of aryl methyl sites for hydroxylation is 1. The average molecular weight is 318 g/mol. The number of benzene rings is 1. The molecular formula is C19H27FN2O. The van der Waals surface area contributed by atoms with Gasteiger partial charge in [-0.3, -0.25) is 9.69 Å². The van der Waals surface area contributed by atoms with Crippen LogP contribution in [0.1, 0.15) is 37.7 Å². The van der Waals surface area contributed by atoms with Crippen molar-refractivity contribution < 1.29 is 9.18 Å². The Bertz CT molecular complexity index is 520. The van der Waals surface area contributed by atoms with Crippen molar-refractivity contribution in [1.82, 2.24) is 9.80 Å². The molecule has 1 aromatic rings. The van der Waals surface area contributed by atoms with Crippen LogP contribution in [0.15, 0.2) is 24.3 Å². The van der Waals surface area contributed by atoms with Gasteiger partial charge in [0.15, 0.2) is 0 Å². The van der Waals surface area contributed by atoms with Crippen molar-refractivity contribution in [3.05, 3.63) is 35.6 Å². The van der Waals surface area contributed by atoms with Crippen LogP contribution in [0.4, 0.5) is 4.39 Å². The Morgan fingerprint density at radius 2 is 1.87 bits per heavy atom. The zero-order valence-corrected chi connectivity index (χ0v) is 13.8. The highest BCUT2D eigenvalue weighted by Gasteiger charge is 2.29. The molecule has 1 saturated carbocycles.